The molecular formula is C18H25ClN4O. The molecule has 24 heavy (non-hydrogen) atoms. The number of nitrogens with zero attached hydrogens (tertiary/aromatic N) is 1. The van der Waals surface area contributed by atoms with Crippen LogP contribution in [0.4, 0.5) is 0 Å². The predicted octanol–water partition coefficient (Wildman–Crippen LogP) is 2.92. The van der Waals surface area contributed by atoms with E-state index in [0.717, 1.165) is 36.6 Å². The fourth-order valence-corrected chi connectivity index (χ4v) is 2.82. The first-order valence-corrected chi connectivity index (χ1v) is 8.30. The normalized spacial score (nSPS) is 16.6. The molecule has 1 aromatic carbocycles. The maximum atomic E-state index is 12.4. The van der Waals surface area contributed by atoms with Crippen molar-refractivity contribution in [1.29, 1.82) is 0 Å². The number of aromatic nitrogens is 2. The largest absolute Gasteiger partial charge is 0.346 e. The molecule has 2 atom stereocenters. The monoisotopic (exact) mass is 348 g/mol. The first-order chi connectivity index (χ1) is 11.2. The van der Waals surface area contributed by atoms with Gasteiger partial charge < -0.3 is 15.6 Å². The summed E-state index contributed by atoms with van der Waals surface area (Å²) in [4.78, 5) is 20.2. The molecule has 2 heterocycles. The predicted molar refractivity (Wildman–Crippen MR) is 98.0 cm³/mol. The smallest absolute Gasteiger partial charge is 0.223 e. The summed E-state index contributed by atoms with van der Waals surface area (Å²) in [7, 11) is 0. The van der Waals surface area contributed by atoms with Crippen LogP contribution in [0.2, 0.25) is 0 Å². The van der Waals surface area contributed by atoms with Crippen molar-refractivity contribution in [3.8, 4) is 11.3 Å². The van der Waals surface area contributed by atoms with Gasteiger partial charge in [-0.25, -0.2) is 4.98 Å². The van der Waals surface area contributed by atoms with E-state index < -0.39 is 0 Å². The topological polar surface area (TPSA) is 69.8 Å². The van der Waals surface area contributed by atoms with Gasteiger partial charge in [-0.15, -0.1) is 12.4 Å². The Morgan fingerprint density at radius 2 is 2.04 bits per heavy atom. The lowest BCUT2D eigenvalue weighted by atomic mass is 9.88. The lowest BCUT2D eigenvalue weighted by Gasteiger charge is -2.32. The van der Waals surface area contributed by atoms with Crippen molar-refractivity contribution in [3.63, 3.8) is 0 Å². The van der Waals surface area contributed by atoms with E-state index in [9.17, 15) is 4.79 Å². The molecule has 1 saturated heterocycles. The van der Waals surface area contributed by atoms with Crippen molar-refractivity contribution in [1.82, 2.24) is 20.6 Å². The Labute approximate surface area is 149 Å². The van der Waals surface area contributed by atoms with Crippen LogP contribution in [0.25, 0.3) is 11.3 Å². The van der Waals surface area contributed by atoms with Crippen molar-refractivity contribution in [3.05, 3.63) is 42.4 Å². The number of amides is 1. The van der Waals surface area contributed by atoms with E-state index in [4.69, 9.17) is 0 Å². The highest BCUT2D eigenvalue weighted by molar-refractivity contribution is 5.85. The SMILES string of the molecule is CCC(NC(=O)C(C)C1CNC1)c1ncc(-c2ccccc2)[nH]1.Cl. The van der Waals surface area contributed by atoms with Crippen molar-refractivity contribution in [2.75, 3.05) is 13.1 Å². The highest BCUT2D eigenvalue weighted by Crippen LogP contribution is 2.22. The van der Waals surface area contributed by atoms with Crippen LogP contribution < -0.4 is 10.6 Å². The average Bonchev–Trinajstić information content (AvgIpc) is 3.01. The van der Waals surface area contributed by atoms with E-state index in [0.29, 0.717) is 5.92 Å². The van der Waals surface area contributed by atoms with Gasteiger partial charge >= 0.3 is 0 Å². The van der Waals surface area contributed by atoms with E-state index >= 15 is 0 Å². The zero-order valence-electron chi connectivity index (χ0n) is 14.1. The number of rotatable bonds is 6. The number of nitrogens with one attached hydrogen (secondary N) is 3. The summed E-state index contributed by atoms with van der Waals surface area (Å²) in [6, 6.07) is 10.0. The summed E-state index contributed by atoms with van der Waals surface area (Å²) in [6.07, 6.45) is 2.64. The molecule has 0 spiro atoms. The van der Waals surface area contributed by atoms with E-state index in [2.05, 4.69) is 27.5 Å². The molecule has 1 aliphatic rings. The fraction of sp³-hybridized carbons (Fsp3) is 0.444. The van der Waals surface area contributed by atoms with Gasteiger partial charge in [0.1, 0.15) is 5.82 Å². The Morgan fingerprint density at radius 3 is 2.62 bits per heavy atom. The number of hydrogen-bond acceptors (Lipinski definition) is 3. The van der Waals surface area contributed by atoms with Crippen molar-refractivity contribution >= 4 is 18.3 Å². The summed E-state index contributed by atoms with van der Waals surface area (Å²) >= 11 is 0. The third-order valence-electron chi connectivity index (χ3n) is 4.67. The second-order valence-electron chi connectivity index (χ2n) is 6.22. The molecular weight excluding hydrogens is 324 g/mol. The molecule has 2 aromatic rings. The Balaban J connectivity index is 0.00000208. The van der Waals surface area contributed by atoms with E-state index in [1.54, 1.807) is 0 Å². The first kappa shape index (κ1) is 18.5. The van der Waals surface area contributed by atoms with Gasteiger partial charge in [0.15, 0.2) is 0 Å². The minimum Gasteiger partial charge on any atom is -0.346 e. The molecule has 6 heteroatoms. The number of carbonyl (C=O) groups is 1. The molecule has 2 unspecified atom stereocenters. The van der Waals surface area contributed by atoms with Crippen LogP contribution in [-0.4, -0.2) is 29.0 Å². The van der Waals surface area contributed by atoms with Crippen LogP contribution in [0.15, 0.2) is 36.5 Å². The summed E-state index contributed by atoms with van der Waals surface area (Å²) in [5.74, 6) is 1.41. The minimum absolute atomic E-state index is 0. The van der Waals surface area contributed by atoms with E-state index in [-0.39, 0.29) is 30.3 Å². The van der Waals surface area contributed by atoms with Crippen molar-refractivity contribution in [2.45, 2.75) is 26.3 Å². The van der Waals surface area contributed by atoms with Crippen LogP contribution >= 0.6 is 12.4 Å². The van der Waals surface area contributed by atoms with E-state index in [1.165, 1.54) is 0 Å². The molecule has 0 saturated carbocycles. The molecule has 0 bridgehead atoms. The third-order valence-corrected chi connectivity index (χ3v) is 4.67. The number of halogens is 1. The molecule has 0 aliphatic carbocycles. The third kappa shape index (κ3) is 3.97. The molecule has 3 N–H and O–H groups in total. The summed E-state index contributed by atoms with van der Waals surface area (Å²) in [5.41, 5.74) is 2.07. The molecule has 1 fully saturated rings. The molecule has 1 amide bonds. The number of imidazole rings is 1. The van der Waals surface area contributed by atoms with Crippen molar-refractivity contribution in [2.24, 2.45) is 11.8 Å². The standard InChI is InChI=1S/C18H24N4O.ClH/c1-3-15(22-18(23)12(2)14-9-19-10-14)17-20-11-16(21-17)13-7-5-4-6-8-13;/h4-8,11-12,14-15,19H,3,9-10H2,1-2H3,(H,20,21)(H,22,23);1H. The summed E-state index contributed by atoms with van der Waals surface area (Å²) in [5, 5.41) is 6.36. The molecule has 1 aliphatic heterocycles. The lowest BCUT2D eigenvalue weighted by molar-refractivity contribution is -0.127. The number of hydrogen-bond donors (Lipinski definition) is 3. The van der Waals surface area contributed by atoms with Gasteiger partial charge in [-0.05, 0) is 31.0 Å². The molecule has 5 nitrogen and oxygen atoms in total. The number of carbonyl (C=O) groups excluding carboxylic acids is 1. The van der Waals surface area contributed by atoms with Gasteiger partial charge in [-0.2, -0.15) is 0 Å². The highest BCUT2D eigenvalue weighted by Gasteiger charge is 2.30. The second-order valence-corrected chi connectivity index (χ2v) is 6.22. The molecule has 130 valence electrons. The first-order valence-electron chi connectivity index (χ1n) is 8.30. The van der Waals surface area contributed by atoms with Crippen LogP contribution in [0.3, 0.4) is 0 Å². The molecule has 1 aromatic heterocycles. The van der Waals surface area contributed by atoms with Crippen LogP contribution in [0, 0.1) is 11.8 Å². The fourth-order valence-electron chi connectivity index (χ4n) is 2.82. The second kappa shape index (κ2) is 8.31. The number of aromatic amines is 1. The van der Waals surface area contributed by atoms with Gasteiger partial charge in [0, 0.05) is 5.92 Å². The summed E-state index contributed by atoms with van der Waals surface area (Å²) < 4.78 is 0. The van der Waals surface area contributed by atoms with E-state index in [1.807, 2.05) is 43.5 Å². The average molecular weight is 349 g/mol. The van der Waals surface area contributed by atoms with Crippen LogP contribution in [0.1, 0.15) is 32.1 Å². The van der Waals surface area contributed by atoms with Gasteiger partial charge in [-0.3, -0.25) is 4.79 Å². The molecule has 3 rings (SSSR count). The Morgan fingerprint density at radius 1 is 1.33 bits per heavy atom. The zero-order chi connectivity index (χ0) is 16.2. The Kier molecular flexibility index (Phi) is 6.40. The van der Waals surface area contributed by atoms with Crippen LogP contribution in [0.5, 0.6) is 0 Å². The Hall–Kier alpha value is -1.85. The minimum atomic E-state index is -0.0737. The number of H-pyrrole nitrogens is 1. The molecule has 0 radical (unpaired) electrons. The van der Waals surface area contributed by atoms with Gasteiger partial charge in [-0.1, -0.05) is 44.2 Å². The van der Waals surface area contributed by atoms with Gasteiger partial charge in [0.2, 0.25) is 5.91 Å². The Bertz CT molecular complexity index is 654. The maximum absolute atomic E-state index is 12.4. The van der Waals surface area contributed by atoms with Crippen molar-refractivity contribution < 1.29 is 4.79 Å². The maximum Gasteiger partial charge on any atom is 0.223 e. The van der Waals surface area contributed by atoms with Crippen LogP contribution in [-0.2, 0) is 4.79 Å². The van der Waals surface area contributed by atoms with Gasteiger partial charge in [0.25, 0.3) is 0 Å². The lowest BCUT2D eigenvalue weighted by Crippen LogP contribution is -2.50. The zero-order valence-corrected chi connectivity index (χ0v) is 14.9. The van der Waals surface area contributed by atoms with Gasteiger partial charge in [0.05, 0.1) is 17.9 Å². The highest BCUT2D eigenvalue weighted by atomic mass is 35.5. The number of benzene rings is 1. The quantitative estimate of drug-likeness (QED) is 0.751. The summed E-state index contributed by atoms with van der Waals surface area (Å²) in [6.45, 7) is 5.94.